The molecule has 0 aliphatic carbocycles. The van der Waals surface area contributed by atoms with Gasteiger partial charge in [-0.05, 0) is 49.2 Å². The zero-order valence-corrected chi connectivity index (χ0v) is 17.1. The van der Waals surface area contributed by atoms with E-state index >= 15 is 0 Å². The number of benzene rings is 2. The van der Waals surface area contributed by atoms with Crippen molar-refractivity contribution in [3.63, 3.8) is 0 Å². The van der Waals surface area contributed by atoms with Gasteiger partial charge in [0.1, 0.15) is 12.7 Å². The van der Waals surface area contributed by atoms with E-state index in [9.17, 15) is 9.59 Å². The minimum atomic E-state index is -0.610. The molecule has 0 saturated carbocycles. The first-order valence-electron chi connectivity index (χ1n) is 9.23. The normalized spacial score (nSPS) is 16.1. The van der Waals surface area contributed by atoms with Gasteiger partial charge < -0.3 is 16.0 Å². The van der Waals surface area contributed by atoms with Gasteiger partial charge in [-0.3, -0.25) is 4.79 Å². The van der Waals surface area contributed by atoms with Gasteiger partial charge in [0, 0.05) is 16.4 Å². The van der Waals surface area contributed by atoms with E-state index in [0.717, 1.165) is 16.8 Å². The van der Waals surface area contributed by atoms with Gasteiger partial charge in [-0.1, -0.05) is 29.8 Å². The Morgan fingerprint density at radius 1 is 1.20 bits per heavy atom. The van der Waals surface area contributed by atoms with Crippen LogP contribution in [0, 0.1) is 6.92 Å². The van der Waals surface area contributed by atoms with Gasteiger partial charge in [0.15, 0.2) is 0 Å². The molecule has 3 amide bonds. The van der Waals surface area contributed by atoms with E-state index in [4.69, 9.17) is 11.6 Å². The lowest BCUT2D eigenvalue weighted by atomic mass is 9.93. The molecule has 152 valence electrons. The van der Waals surface area contributed by atoms with Crippen molar-refractivity contribution in [1.29, 1.82) is 0 Å². The topological polar surface area (TPSA) is 101 Å². The van der Waals surface area contributed by atoms with Crippen molar-refractivity contribution < 1.29 is 9.59 Å². The number of hydrogen-bond acceptors (Lipinski definition) is 4. The molecule has 8 nitrogen and oxygen atoms in total. The van der Waals surface area contributed by atoms with Crippen LogP contribution in [0.4, 0.5) is 10.5 Å². The molecule has 9 heteroatoms. The first-order valence-corrected chi connectivity index (χ1v) is 9.61. The Morgan fingerprint density at radius 2 is 2.03 bits per heavy atom. The zero-order valence-electron chi connectivity index (χ0n) is 16.3. The molecule has 0 saturated heterocycles. The smallest absolute Gasteiger partial charge is 0.319 e. The van der Waals surface area contributed by atoms with E-state index in [1.165, 1.54) is 6.33 Å². The van der Waals surface area contributed by atoms with E-state index in [1.807, 2.05) is 25.1 Å². The van der Waals surface area contributed by atoms with Crippen LogP contribution in [0.25, 0.3) is 5.69 Å². The Labute approximate surface area is 178 Å². The third-order valence-corrected chi connectivity index (χ3v) is 5.05. The summed E-state index contributed by atoms with van der Waals surface area (Å²) in [7, 11) is 0. The number of aromatic nitrogens is 3. The first-order chi connectivity index (χ1) is 14.4. The minimum Gasteiger partial charge on any atom is -0.327 e. The van der Waals surface area contributed by atoms with Gasteiger partial charge in [0.25, 0.3) is 5.91 Å². The molecule has 30 heavy (non-hydrogen) atoms. The summed E-state index contributed by atoms with van der Waals surface area (Å²) in [5, 5.41) is 13.0. The van der Waals surface area contributed by atoms with E-state index in [2.05, 4.69) is 26.0 Å². The van der Waals surface area contributed by atoms with Crippen molar-refractivity contribution in [2.45, 2.75) is 19.9 Å². The molecular formula is C21H19ClN6O2. The third kappa shape index (κ3) is 3.90. The average molecular weight is 423 g/mol. The minimum absolute atomic E-state index is 0.328. The van der Waals surface area contributed by atoms with Crippen LogP contribution in [0.5, 0.6) is 0 Å². The molecule has 0 bridgehead atoms. The summed E-state index contributed by atoms with van der Waals surface area (Å²) in [4.78, 5) is 29.2. The molecule has 1 aromatic heterocycles. The largest absolute Gasteiger partial charge is 0.327 e. The van der Waals surface area contributed by atoms with Crippen LogP contribution in [0.15, 0.2) is 66.4 Å². The Bertz CT molecular complexity index is 1160. The highest BCUT2D eigenvalue weighted by Crippen LogP contribution is 2.30. The maximum absolute atomic E-state index is 13.1. The zero-order chi connectivity index (χ0) is 21.3. The number of amides is 3. The summed E-state index contributed by atoms with van der Waals surface area (Å²) < 4.78 is 1.66. The molecule has 1 aliphatic rings. The van der Waals surface area contributed by atoms with Gasteiger partial charge in [-0.2, -0.15) is 5.10 Å². The number of halogens is 1. The number of rotatable bonds is 4. The van der Waals surface area contributed by atoms with E-state index in [1.54, 1.807) is 42.2 Å². The van der Waals surface area contributed by atoms with Crippen molar-refractivity contribution in [2.24, 2.45) is 0 Å². The van der Waals surface area contributed by atoms with E-state index in [0.29, 0.717) is 22.0 Å². The summed E-state index contributed by atoms with van der Waals surface area (Å²) >= 11 is 6.02. The Balaban J connectivity index is 1.68. The predicted molar refractivity (Wildman–Crippen MR) is 113 cm³/mol. The van der Waals surface area contributed by atoms with Gasteiger partial charge in [0.2, 0.25) is 0 Å². The number of carbonyl (C=O) groups is 2. The summed E-state index contributed by atoms with van der Waals surface area (Å²) in [5.41, 5.74) is 4.05. The second-order valence-corrected chi connectivity index (χ2v) is 7.36. The number of allylic oxidation sites excluding steroid dienone is 1. The fraction of sp³-hybridized carbons (Fsp3) is 0.143. The van der Waals surface area contributed by atoms with Crippen molar-refractivity contribution >= 4 is 29.2 Å². The molecule has 1 unspecified atom stereocenters. The maximum Gasteiger partial charge on any atom is 0.319 e. The highest BCUT2D eigenvalue weighted by Gasteiger charge is 2.31. The second-order valence-electron chi connectivity index (χ2n) is 6.92. The first kappa shape index (κ1) is 19.7. The van der Waals surface area contributed by atoms with Crippen molar-refractivity contribution in [1.82, 2.24) is 25.4 Å². The summed E-state index contributed by atoms with van der Waals surface area (Å²) in [6, 6.07) is 11.6. The number of aryl methyl sites for hydroxylation is 1. The van der Waals surface area contributed by atoms with Gasteiger partial charge in [-0.25, -0.2) is 14.5 Å². The van der Waals surface area contributed by atoms with Crippen LogP contribution in [0.1, 0.15) is 24.1 Å². The number of nitrogens with zero attached hydrogens (tertiary/aromatic N) is 3. The standard InChI is InChI=1S/C21H19ClN6O2/c1-12-8-14(6-7-17(12)28-11-23-10-24-28)19-18(13(2)25-21(30)27-19)20(29)26-16-5-3-4-15(22)9-16/h3-11,19H,1-2H3,(H,26,29)(H2,25,27,30). The molecular weight excluding hydrogens is 404 g/mol. The number of carbonyl (C=O) groups excluding carboxylic acids is 2. The second kappa shape index (κ2) is 8.00. The predicted octanol–water partition coefficient (Wildman–Crippen LogP) is 3.50. The van der Waals surface area contributed by atoms with Crippen molar-refractivity contribution in [2.75, 3.05) is 5.32 Å². The number of nitrogens with one attached hydrogen (secondary N) is 3. The lowest BCUT2D eigenvalue weighted by Crippen LogP contribution is -2.46. The molecule has 0 spiro atoms. The molecule has 2 heterocycles. The van der Waals surface area contributed by atoms with Crippen LogP contribution < -0.4 is 16.0 Å². The quantitative estimate of drug-likeness (QED) is 0.599. The number of anilines is 1. The SMILES string of the molecule is CC1=C(C(=O)Nc2cccc(Cl)c2)C(c2ccc(-n3cncn3)c(C)c2)NC(=O)N1. The lowest BCUT2D eigenvalue weighted by Gasteiger charge is -2.29. The third-order valence-electron chi connectivity index (χ3n) is 4.82. The van der Waals surface area contributed by atoms with Crippen LogP contribution in [-0.4, -0.2) is 26.7 Å². The Kier molecular flexibility index (Phi) is 5.24. The average Bonchev–Trinajstić information content (AvgIpc) is 3.21. The molecule has 3 N–H and O–H groups in total. The molecule has 1 aliphatic heterocycles. The van der Waals surface area contributed by atoms with E-state index in [-0.39, 0.29) is 11.9 Å². The molecule has 0 fully saturated rings. The van der Waals surface area contributed by atoms with Crippen molar-refractivity contribution in [3.8, 4) is 5.69 Å². The van der Waals surface area contributed by atoms with E-state index < -0.39 is 6.04 Å². The fourth-order valence-corrected chi connectivity index (χ4v) is 3.65. The lowest BCUT2D eigenvalue weighted by molar-refractivity contribution is -0.113. The summed E-state index contributed by atoms with van der Waals surface area (Å²) in [5.74, 6) is -0.328. The van der Waals surface area contributed by atoms with Crippen LogP contribution >= 0.6 is 11.6 Å². The van der Waals surface area contributed by atoms with Crippen LogP contribution in [0.3, 0.4) is 0 Å². The van der Waals surface area contributed by atoms with Gasteiger partial charge >= 0.3 is 6.03 Å². The van der Waals surface area contributed by atoms with Gasteiger partial charge in [-0.15, -0.1) is 0 Å². The monoisotopic (exact) mass is 422 g/mol. The maximum atomic E-state index is 13.1. The summed E-state index contributed by atoms with van der Waals surface area (Å²) in [6.45, 7) is 3.64. The fourth-order valence-electron chi connectivity index (χ4n) is 3.46. The number of urea groups is 1. The van der Waals surface area contributed by atoms with Crippen LogP contribution in [-0.2, 0) is 4.79 Å². The van der Waals surface area contributed by atoms with Crippen molar-refractivity contribution in [3.05, 3.63) is 82.5 Å². The molecule has 3 aromatic rings. The highest BCUT2D eigenvalue weighted by molar-refractivity contribution is 6.31. The molecule has 0 radical (unpaired) electrons. The molecule has 1 atom stereocenters. The molecule has 4 rings (SSSR count). The molecule has 2 aromatic carbocycles. The van der Waals surface area contributed by atoms with Crippen LogP contribution in [0.2, 0.25) is 5.02 Å². The van der Waals surface area contributed by atoms with Gasteiger partial charge in [0.05, 0.1) is 17.3 Å². The highest BCUT2D eigenvalue weighted by atomic mass is 35.5. The Morgan fingerprint density at radius 3 is 2.73 bits per heavy atom. The Hall–Kier alpha value is -3.65. The summed E-state index contributed by atoms with van der Waals surface area (Å²) in [6.07, 6.45) is 3.08. The number of hydrogen-bond donors (Lipinski definition) is 3.